The van der Waals surface area contributed by atoms with Gasteiger partial charge in [-0.25, -0.2) is 0 Å². The predicted molar refractivity (Wildman–Crippen MR) is 62.3 cm³/mol. The fourth-order valence-electron chi connectivity index (χ4n) is 1.93. The van der Waals surface area contributed by atoms with Crippen LogP contribution in [0.4, 0.5) is 0 Å². The molecular formula is C13H19NO. The van der Waals surface area contributed by atoms with Gasteiger partial charge in [0, 0.05) is 5.54 Å². The average molecular weight is 205 g/mol. The molecule has 1 aromatic rings. The van der Waals surface area contributed by atoms with Crippen molar-refractivity contribution < 1.29 is 4.74 Å². The molecule has 1 aliphatic rings. The number of rotatable bonds is 5. The van der Waals surface area contributed by atoms with E-state index < -0.39 is 0 Å². The minimum Gasteiger partial charge on any atom is -0.494 e. The molecule has 1 N–H and O–H groups in total. The van der Waals surface area contributed by atoms with Crippen LogP contribution < -0.4 is 10.1 Å². The number of nitrogens with one attached hydrogen (secondary N) is 1. The Balaban J connectivity index is 1.98. The fraction of sp³-hybridized carbons (Fsp3) is 0.538. The number of likely N-dealkylation sites (N-methyl/N-ethyl adjacent to an activating group) is 1. The summed E-state index contributed by atoms with van der Waals surface area (Å²) < 4.78 is 5.42. The standard InChI is InChI=1S/C13H19NO/c1-3-15-12-6-4-11(5-7-12)10-13(14-2)8-9-13/h4-7,14H,3,8-10H2,1-2H3. The maximum atomic E-state index is 5.42. The van der Waals surface area contributed by atoms with Crippen LogP contribution >= 0.6 is 0 Å². The zero-order chi connectivity index (χ0) is 10.7. The molecule has 2 heteroatoms. The summed E-state index contributed by atoms with van der Waals surface area (Å²) in [6.07, 6.45) is 3.74. The van der Waals surface area contributed by atoms with Gasteiger partial charge >= 0.3 is 0 Å². The Bertz CT molecular complexity index is 314. The van der Waals surface area contributed by atoms with Gasteiger partial charge in [0.25, 0.3) is 0 Å². The minimum atomic E-state index is 0.396. The van der Waals surface area contributed by atoms with E-state index in [2.05, 4.69) is 36.6 Å². The van der Waals surface area contributed by atoms with E-state index in [-0.39, 0.29) is 0 Å². The zero-order valence-electron chi connectivity index (χ0n) is 9.55. The molecule has 0 aliphatic heterocycles. The summed E-state index contributed by atoms with van der Waals surface area (Å²) in [5, 5.41) is 3.41. The molecule has 2 nitrogen and oxygen atoms in total. The third kappa shape index (κ3) is 2.51. The third-order valence-corrected chi connectivity index (χ3v) is 3.16. The Morgan fingerprint density at radius 1 is 1.27 bits per heavy atom. The van der Waals surface area contributed by atoms with Gasteiger partial charge in [-0.15, -0.1) is 0 Å². The number of ether oxygens (including phenoxy) is 1. The van der Waals surface area contributed by atoms with E-state index in [1.807, 2.05) is 6.92 Å². The highest BCUT2D eigenvalue weighted by molar-refractivity contribution is 5.29. The smallest absolute Gasteiger partial charge is 0.119 e. The second kappa shape index (κ2) is 4.23. The first kappa shape index (κ1) is 10.5. The van der Waals surface area contributed by atoms with Crippen LogP contribution in [0.2, 0.25) is 0 Å². The van der Waals surface area contributed by atoms with Crippen molar-refractivity contribution >= 4 is 0 Å². The molecule has 1 fully saturated rings. The predicted octanol–water partition coefficient (Wildman–Crippen LogP) is 2.38. The van der Waals surface area contributed by atoms with Crippen LogP contribution in [-0.2, 0) is 6.42 Å². The minimum absolute atomic E-state index is 0.396. The molecule has 1 aromatic carbocycles. The SMILES string of the molecule is CCOc1ccc(CC2(NC)CC2)cc1. The first-order valence-electron chi connectivity index (χ1n) is 5.69. The van der Waals surface area contributed by atoms with Crippen molar-refractivity contribution in [1.82, 2.24) is 5.32 Å². The third-order valence-electron chi connectivity index (χ3n) is 3.16. The molecule has 0 spiro atoms. The van der Waals surface area contributed by atoms with Gasteiger partial charge in [-0.1, -0.05) is 12.1 Å². The molecule has 0 unspecified atom stereocenters. The van der Waals surface area contributed by atoms with E-state index in [4.69, 9.17) is 4.74 Å². The van der Waals surface area contributed by atoms with Crippen LogP contribution in [0, 0.1) is 0 Å². The molecule has 0 atom stereocenters. The van der Waals surface area contributed by atoms with Crippen molar-refractivity contribution in [2.75, 3.05) is 13.7 Å². The molecular weight excluding hydrogens is 186 g/mol. The molecule has 0 bridgehead atoms. The van der Waals surface area contributed by atoms with Crippen molar-refractivity contribution in [3.8, 4) is 5.75 Å². The van der Waals surface area contributed by atoms with Crippen LogP contribution in [0.5, 0.6) is 5.75 Å². The molecule has 1 aliphatic carbocycles. The summed E-state index contributed by atoms with van der Waals surface area (Å²) in [6.45, 7) is 2.74. The second-order valence-electron chi connectivity index (χ2n) is 4.28. The van der Waals surface area contributed by atoms with E-state index in [0.717, 1.165) is 18.8 Å². The summed E-state index contributed by atoms with van der Waals surface area (Å²) in [5.41, 5.74) is 1.79. The largest absolute Gasteiger partial charge is 0.494 e. The first-order chi connectivity index (χ1) is 7.28. The number of benzene rings is 1. The lowest BCUT2D eigenvalue weighted by atomic mass is 10.0. The first-order valence-corrected chi connectivity index (χ1v) is 5.69. The molecule has 1 saturated carbocycles. The van der Waals surface area contributed by atoms with Gasteiger partial charge in [-0.05, 0) is 50.9 Å². The van der Waals surface area contributed by atoms with Gasteiger partial charge in [0.05, 0.1) is 6.61 Å². The lowest BCUT2D eigenvalue weighted by molar-refractivity contribution is 0.340. The van der Waals surface area contributed by atoms with Gasteiger partial charge < -0.3 is 10.1 Å². The molecule has 82 valence electrons. The van der Waals surface area contributed by atoms with Gasteiger partial charge in [-0.2, -0.15) is 0 Å². The highest BCUT2D eigenvalue weighted by Crippen LogP contribution is 2.38. The van der Waals surface area contributed by atoms with Crippen molar-refractivity contribution in [2.45, 2.75) is 31.7 Å². The molecule has 0 aromatic heterocycles. The van der Waals surface area contributed by atoms with Gasteiger partial charge in [-0.3, -0.25) is 0 Å². The normalized spacial score (nSPS) is 17.5. The Morgan fingerprint density at radius 2 is 1.93 bits per heavy atom. The van der Waals surface area contributed by atoms with Crippen LogP contribution in [0.25, 0.3) is 0 Å². The molecule has 2 rings (SSSR count). The molecule has 0 heterocycles. The van der Waals surface area contributed by atoms with E-state index >= 15 is 0 Å². The van der Waals surface area contributed by atoms with Crippen LogP contribution in [0.3, 0.4) is 0 Å². The summed E-state index contributed by atoms with van der Waals surface area (Å²) in [7, 11) is 2.06. The Hall–Kier alpha value is -1.02. The van der Waals surface area contributed by atoms with Crippen molar-refractivity contribution in [3.63, 3.8) is 0 Å². The summed E-state index contributed by atoms with van der Waals surface area (Å²) in [5.74, 6) is 0.968. The Kier molecular flexibility index (Phi) is 2.96. The van der Waals surface area contributed by atoms with Gasteiger partial charge in [0.15, 0.2) is 0 Å². The lowest BCUT2D eigenvalue weighted by Crippen LogP contribution is -2.29. The molecule has 15 heavy (non-hydrogen) atoms. The van der Waals surface area contributed by atoms with Crippen molar-refractivity contribution in [2.24, 2.45) is 0 Å². The zero-order valence-corrected chi connectivity index (χ0v) is 9.55. The maximum Gasteiger partial charge on any atom is 0.119 e. The molecule has 0 saturated heterocycles. The highest BCUT2D eigenvalue weighted by atomic mass is 16.5. The second-order valence-corrected chi connectivity index (χ2v) is 4.28. The Morgan fingerprint density at radius 3 is 2.40 bits per heavy atom. The topological polar surface area (TPSA) is 21.3 Å². The molecule has 0 radical (unpaired) electrons. The summed E-state index contributed by atoms with van der Waals surface area (Å²) >= 11 is 0. The van der Waals surface area contributed by atoms with Crippen LogP contribution in [0.1, 0.15) is 25.3 Å². The van der Waals surface area contributed by atoms with Crippen molar-refractivity contribution in [1.29, 1.82) is 0 Å². The monoisotopic (exact) mass is 205 g/mol. The highest BCUT2D eigenvalue weighted by Gasteiger charge is 2.40. The van der Waals surface area contributed by atoms with E-state index in [1.54, 1.807) is 0 Å². The van der Waals surface area contributed by atoms with E-state index in [0.29, 0.717) is 5.54 Å². The number of hydrogen-bond donors (Lipinski definition) is 1. The van der Waals surface area contributed by atoms with E-state index in [9.17, 15) is 0 Å². The Labute approximate surface area is 91.6 Å². The quantitative estimate of drug-likeness (QED) is 0.797. The van der Waals surface area contributed by atoms with Gasteiger partial charge in [0.2, 0.25) is 0 Å². The summed E-state index contributed by atoms with van der Waals surface area (Å²) in [6, 6.07) is 8.46. The van der Waals surface area contributed by atoms with E-state index in [1.165, 1.54) is 18.4 Å². The lowest BCUT2D eigenvalue weighted by Gasteiger charge is -2.14. The summed E-state index contributed by atoms with van der Waals surface area (Å²) in [4.78, 5) is 0. The fourth-order valence-corrected chi connectivity index (χ4v) is 1.93. The van der Waals surface area contributed by atoms with Crippen LogP contribution in [0.15, 0.2) is 24.3 Å². The van der Waals surface area contributed by atoms with Crippen molar-refractivity contribution in [3.05, 3.63) is 29.8 Å². The molecule has 0 amide bonds. The van der Waals surface area contributed by atoms with Gasteiger partial charge in [0.1, 0.15) is 5.75 Å². The maximum absolute atomic E-state index is 5.42. The average Bonchev–Trinajstić information content (AvgIpc) is 3.02. The van der Waals surface area contributed by atoms with Crippen LogP contribution in [-0.4, -0.2) is 19.2 Å². The number of hydrogen-bond acceptors (Lipinski definition) is 2.